The first-order chi connectivity index (χ1) is 17.1. The van der Waals surface area contributed by atoms with Gasteiger partial charge in [-0.1, -0.05) is 81.4 Å². The van der Waals surface area contributed by atoms with Gasteiger partial charge in [-0.05, 0) is 22.3 Å². The Hall–Kier alpha value is -3.14. The number of halogens is 1. The minimum absolute atomic E-state index is 0.179. The van der Waals surface area contributed by atoms with Crippen molar-refractivity contribution in [3.05, 3.63) is 73.3 Å². The molecule has 0 radical (unpaired) electrons. The third-order valence-corrected chi connectivity index (χ3v) is 12.0. The van der Waals surface area contributed by atoms with Crippen LogP contribution in [0, 0.1) is 0 Å². The van der Waals surface area contributed by atoms with Gasteiger partial charge >= 0.3 is 0 Å². The van der Waals surface area contributed by atoms with Crippen molar-refractivity contribution in [2.75, 3.05) is 12.3 Å². The third kappa shape index (κ3) is 4.11. The summed E-state index contributed by atoms with van der Waals surface area (Å²) < 4.78 is 30.8. The average molecular weight is 506 g/mol. The average Bonchev–Trinajstić information content (AvgIpc) is 3.40. The first-order valence-corrected chi connectivity index (χ1v) is 14.1. The monoisotopic (exact) mass is 505 g/mol. The molecule has 5 rings (SSSR count). The zero-order chi connectivity index (χ0) is 25.6. The fourth-order valence-corrected chi connectivity index (χ4v) is 9.98. The summed E-state index contributed by atoms with van der Waals surface area (Å²) in [4.78, 5) is 12.5. The molecular formula is C27H32FN5O2Si. The molecule has 0 unspecified atom stereocenters. The maximum atomic E-state index is 15.9. The van der Waals surface area contributed by atoms with E-state index in [4.69, 9.17) is 14.9 Å². The van der Waals surface area contributed by atoms with Crippen LogP contribution in [0.5, 0.6) is 0 Å². The van der Waals surface area contributed by atoms with Gasteiger partial charge in [0.1, 0.15) is 11.8 Å². The summed E-state index contributed by atoms with van der Waals surface area (Å²) >= 11 is 0. The lowest BCUT2D eigenvalue weighted by molar-refractivity contribution is -0.0548. The third-order valence-electron chi connectivity index (χ3n) is 7.01. The van der Waals surface area contributed by atoms with Crippen LogP contribution in [0.2, 0.25) is 5.04 Å². The fourth-order valence-electron chi connectivity index (χ4n) is 5.39. The Morgan fingerprint density at radius 1 is 1.06 bits per heavy atom. The number of benzene rings is 2. The van der Waals surface area contributed by atoms with E-state index < -0.39 is 26.3 Å². The topological polar surface area (TPSA) is 88.1 Å². The molecule has 2 aromatic heterocycles. The fraction of sp³-hybridized carbons (Fsp3) is 0.370. The van der Waals surface area contributed by atoms with Crippen LogP contribution in [0.15, 0.2) is 73.3 Å². The SMILES string of the molecule is CC(C)(C)[Si](OC[C@@H]1C[C@@](C)(F)[C@H](n2cnc3c(N)ncnc32)O1)(c1ccccc1)c1ccccc1. The number of fused-ring (bicyclic) bond motifs is 1. The number of ether oxygens (including phenoxy) is 1. The first kappa shape index (κ1) is 24.5. The second-order valence-corrected chi connectivity index (χ2v) is 15.0. The van der Waals surface area contributed by atoms with Crippen LogP contribution in [-0.4, -0.2) is 46.2 Å². The maximum Gasteiger partial charge on any atom is 0.261 e. The van der Waals surface area contributed by atoms with Crippen LogP contribution >= 0.6 is 0 Å². The van der Waals surface area contributed by atoms with Gasteiger partial charge in [0.05, 0.1) is 19.0 Å². The molecule has 1 aliphatic rings. The Balaban J connectivity index is 1.47. The molecule has 1 fully saturated rings. The first-order valence-electron chi connectivity index (χ1n) is 12.2. The van der Waals surface area contributed by atoms with Crippen molar-refractivity contribution in [1.82, 2.24) is 19.5 Å². The molecule has 0 aliphatic carbocycles. The van der Waals surface area contributed by atoms with Gasteiger partial charge in [-0.3, -0.25) is 4.57 Å². The van der Waals surface area contributed by atoms with Gasteiger partial charge in [0.15, 0.2) is 23.4 Å². The van der Waals surface area contributed by atoms with E-state index in [9.17, 15) is 0 Å². The molecule has 0 bridgehead atoms. The molecule has 1 saturated heterocycles. The summed E-state index contributed by atoms with van der Waals surface area (Å²) in [5, 5.41) is 2.17. The maximum absolute atomic E-state index is 15.9. The van der Waals surface area contributed by atoms with Crippen molar-refractivity contribution < 1.29 is 13.6 Å². The Morgan fingerprint density at radius 2 is 1.67 bits per heavy atom. The highest BCUT2D eigenvalue weighted by Crippen LogP contribution is 2.43. The molecule has 2 N–H and O–H groups in total. The number of imidazole rings is 1. The van der Waals surface area contributed by atoms with Crippen molar-refractivity contribution in [1.29, 1.82) is 0 Å². The summed E-state index contributed by atoms with van der Waals surface area (Å²) in [6, 6.07) is 20.8. The second kappa shape index (κ2) is 9.06. The number of nitrogens with two attached hydrogens (primary N) is 1. The van der Waals surface area contributed by atoms with Gasteiger partial charge in [0.25, 0.3) is 8.32 Å². The molecule has 9 heteroatoms. The Labute approximate surface area is 211 Å². The van der Waals surface area contributed by atoms with Crippen molar-refractivity contribution in [3.63, 3.8) is 0 Å². The number of aromatic nitrogens is 4. The zero-order valence-electron chi connectivity index (χ0n) is 21.1. The number of hydrogen-bond acceptors (Lipinski definition) is 6. The molecule has 4 aromatic rings. The molecule has 2 aromatic carbocycles. The largest absolute Gasteiger partial charge is 0.405 e. The molecule has 3 heterocycles. The van der Waals surface area contributed by atoms with Gasteiger partial charge < -0.3 is 14.9 Å². The number of hydrogen-bond donors (Lipinski definition) is 1. The number of anilines is 1. The summed E-state index contributed by atoms with van der Waals surface area (Å²) in [7, 11) is -2.76. The van der Waals surface area contributed by atoms with E-state index in [1.807, 2.05) is 36.4 Å². The Kier molecular flexibility index (Phi) is 6.18. The molecule has 1 aliphatic heterocycles. The van der Waals surface area contributed by atoms with E-state index in [2.05, 4.69) is 60.0 Å². The highest BCUT2D eigenvalue weighted by atomic mass is 28.4. The van der Waals surface area contributed by atoms with Crippen molar-refractivity contribution in [2.24, 2.45) is 0 Å². The van der Waals surface area contributed by atoms with Crippen LogP contribution in [0.3, 0.4) is 0 Å². The molecule has 7 nitrogen and oxygen atoms in total. The lowest BCUT2D eigenvalue weighted by atomic mass is 10.0. The molecule has 188 valence electrons. The van der Waals surface area contributed by atoms with E-state index in [0.717, 1.165) is 0 Å². The van der Waals surface area contributed by atoms with Gasteiger partial charge in [0, 0.05) is 6.42 Å². The van der Waals surface area contributed by atoms with Crippen LogP contribution in [0.1, 0.15) is 40.3 Å². The lowest BCUT2D eigenvalue weighted by Gasteiger charge is -2.43. The van der Waals surface area contributed by atoms with E-state index in [1.165, 1.54) is 23.0 Å². The minimum Gasteiger partial charge on any atom is -0.405 e. The summed E-state index contributed by atoms with van der Waals surface area (Å²) in [6.07, 6.45) is 1.72. The van der Waals surface area contributed by atoms with E-state index in [-0.39, 0.29) is 23.9 Å². The predicted octanol–water partition coefficient (Wildman–Crippen LogP) is 4.00. The van der Waals surface area contributed by atoms with E-state index >= 15 is 4.39 Å². The van der Waals surface area contributed by atoms with Crippen molar-refractivity contribution in [3.8, 4) is 0 Å². The van der Waals surface area contributed by atoms with Crippen LogP contribution < -0.4 is 16.1 Å². The van der Waals surface area contributed by atoms with Crippen LogP contribution in [-0.2, 0) is 9.16 Å². The molecule has 3 atom stereocenters. The van der Waals surface area contributed by atoms with E-state index in [0.29, 0.717) is 11.2 Å². The number of alkyl halides is 1. The van der Waals surface area contributed by atoms with Gasteiger partial charge in [-0.25, -0.2) is 19.3 Å². The Bertz CT molecular complexity index is 1300. The van der Waals surface area contributed by atoms with Gasteiger partial charge in [0.2, 0.25) is 0 Å². The second-order valence-electron chi connectivity index (χ2n) is 10.6. The molecule has 0 saturated carbocycles. The molecule has 36 heavy (non-hydrogen) atoms. The lowest BCUT2D eigenvalue weighted by Crippen LogP contribution is -2.67. The number of rotatable bonds is 6. The molecule has 0 spiro atoms. The number of nitrogens with zero attached hydrogens (tertiary/aromatic N) is 4. The highest BCUT2D eigenvalue weighted by molar-refractivity contribution is 6.99. The van der Waals surface area contributed by atoms with Crippen LogP contribution in [0.4, 0.5) is 10.2 Å². The zero-order valence-corrected chi connectivity index (χ0v) is 22.1. The quantitative estimate of drug-likeness (QED) is 0.399. The normalized spacial score (nSPS) is 22.8. The smallest absolute Gasteiger partial charge is 0.261 e. The van der Waals surface area contributed by atoms with Crippen molar-refractivity contribution >= 4 is 35.7 Å². The summed E-state index contributed by atoms with van der Waals surface area (Å²) in [5.41, 5.74) is 5.17. The van der Waals surface area contributed by atoms with Crippen molar-refractivity contribution in [2.45, 2.75) is 57.2 Å². The van der Waals surface area contributed by atoms with Gasteiger partial charge in [-0.15, -0.1) is 0 Å². The minimum atomic E-state index is -2.76. The molecular weight excluding hydrogens is 473 g/mol. The summed E-state index contributed by atoms with van der Waals surface area (Å²) in [6.45, 7) is 8.49. The molecule has 0 amide bonds. The summed E-state index contributed by atoms with van der Waals surface area (Å²) in [5.74, 6) is 0.254. The Morgan fingerprint density at radius 3 is 2.25 bits per heavy atom. The highest BCUT2D eigenvalue weighted by Gasteiger charge is 2.52. The van der Waals surface area contributed by atoms with Crippen LogP contribution in [0.25, 0.3) is 11.2 Å². The standard InChI is InChI=1S/C27H32FN5O2Si/c1-26(2,3)36(20-11-7-5-8-12-20,21-13-9-6-10-14-21)34-16-19-15-27(4,28)25(35-19)33-18-32-22-23(29)30-17-31-24(22)33/h5-14,17-19,25H,15-16H2,1-4H3,(H2,29,30,31)/t19-,25+,27+/m0/s1. The van der Waals surface area contributed by atoms with E-state index in [1.54, 1.807) is 11.5 Å². The number of nitrogen functional groups attached to an aromatic ring is 1. The predicted molar refractivity (Wildman–Crippen MR) is 141 cm³/mol. The van der Waals surface area contributed by atoms with Gasteiger partial charge in [-0.2, -0.15) is 0 Å².